The molecule has 3 N–H and O–H groups in total. The van der Waals surface area contributed by atoms with E-state index in [1.54, 1.807) is 0 Å². The number of nitrogens with one attached hydrogen (secondary N) is 1. The number of carbonyl (C=O) groups excluding carboxylic acids is 1. The molecule has 2 atom stereocenters. The molecule has 0 saturated heterocycles. The van der Waals surface area contributed by atoms with E-state index in [0.717, 1.165) is 38.5 Å². The summed E-state index contributed by atoms with van der Waals surface area (Å²) in [5.41, 5.74) is 0. The van der Waals surface area contributed by atoms with Crippen molar-refractivity contribution in [1.29, 1.82) is 0 Å². The van der Waals surface area contributed by atoms with E-state index in [2.05, 4.69) is 19.2 Å². The van der Waals surface area contributed by atoms with Gasteiger partial charge in [-0.05, 0) is 19.3 Å². The van der Waals surface area contributed by atoms with Crippen molar-refractivity contribution >= 4 is 5.91 Å². The summed E-state index contributed by atoms with van der Waals surface area (Å²) < 4.78 is 15.4. The predicted molar refractivity (Wildman–Crippen MR) is 179 cm³/mol. The minimum atomic E-state index is -2.69. The highest BCUT2D eigenvalue weighted by atomic mass is 16.4. The maximum Gasteiger partial charge on any atom is 0.220 e. The van der Waals surface area contributed by atoms with Crippen LogP contribution in [0.1, 0.15) is 203 Å². The Morgan fingerprint density at radius 1 is 0.610 bits per heavy atom. The summed E-state index contributed by atoms with van der Waals surface area (Å²) >= 11 is 0. The maximum atomic E-state index is 12.4. The Morgan fingerprint density at radius 2 is 0.951 bits per heavy atom. The Balaban J connectivity index is 3.84. The van der Waals surface area contributed by atoms with Crippen LogP contribution in [0, 0.1) is 0 Å². The lowest BCUT2D eigenvalue weighted by Gasteiger charge is -2.20. The summed E-state index contributed by atoms with van der Waals surface area (Å²) in [5.74, 6) is -0.314. The van der Waals surface area contributed by atoms with E-state index in [0.29, 0.717) is 6.42 Å². The zero-order valence-corrected chi connectivity index (χ0v) is 27.6. The van der Waals surface area contributed by atoms with Crippen LogP contribution in [0.15, 0.2) is 12.2 Å². The molecule has 4 heteroatoms. The van der Waals surface area contributed by atoms with Crippen LogP contribution < -0.4 is 5.32 Å². The molecule has 0 bridgehead atoms. The van der Waals surface area contributed by atoms with Crippen LogP contribution >= 0.6 is 0 Å². The molecular formula is C37H73NO3. The molecule has 244 valence electrons. The van der Waals surface area contributed by atoms with Crippen molar-refractivity contribution < 1.29 is 17.7 Å². The Labute approximate surface area is 259 Å². The fourth-order valence-electron chi connectivity index (χ4n) is 5.55. The number of aliphatic hydroxyl groups excluding tert-OH is 1. The summed E-state index contributed by atoms with van der Waals surface area (Å²) in [4.78, 5) is 12.4. The summed E-state index contributed by atoms with van der Waals surface area (Å²) in [6.45, 7) is 1.83. The van der Waals surface area contributed by atoms with E-state index in [-0.39, 0.29) is 5.91 Å². The molecular weight excluding hydrogens is 508 g/mol. The van der Waals surface area contributed by atoms with Crippen LogP contribution in [0.5, 0.6) is 0 Å². The highest BCUT2D eigenvalue weighted by molar-refractivity contribution is 5.76. The first-order chi connectivity index (χ1) is 20.8. The number of amides is 1. The van der Waals surface area contributed by atoms with Crippen molar-refractivity contribution in [2.45, 2.75) is 212 Å². The second-order valence-electron chi connectivity index (χ2n) is 12.5. The third-order valence-corrected chi connectivity index (χ3v) is 8.36. The number of carbonyl (C=O) groups is 1. The molecule has 0 aliphatic carbocycles. The van der Waals surface area contributed by atoms with E-state index in [9.17, 15) is 15.0 Å². The molecule has 4 nitrogen and oxygen atoms in total. The van der Waals surface area contributed by atoms with Crippen molar-refractivity contribution in [3.63, 3.8) is 0 Å². The standard InChI is InChI=1S/C37H73NO3/c1-3-5-7-9-11-13-15-17-18-19-21-23-25-27-29-31-33-37(41)38-35(34-39)36(40)32-30-28-26-24-22-20-16-14-12-10-8-6-4-2/h30,32,35-36,39-40H,3-29,31,33-34H2,1-2H3,(H,38,41)/b32-30+/t35-,36+/m1/s1/i34+1D2,35+1. The first kappa shape index (κ1) is 36.3. The van der Waals surface area contributed by atoms with Gasteiger partial charge in [0.15, 0.2) is 0 Å². The molecule has 0 aliphatic rings. The monoisotopic (exact) mass is 584 g/mol. The molecule has 0 rings (SSSR count). The van der Waals surface area contributed by atoms with Gasteiger partial charge in [0, 0.05) is 6.42 Å². The number of aliphatic hydroxyl groups is 2. The van der Waals surface area contributed by atoms with E-state index in [1.165, 1.54) is 147 Å². The molecule has 0 aliphatic heterocycles. The second-order valence-corrected chi connectivity index (χ2v) is 12.5. The molecule has 0 spiro atoms. The van der Waals surface area contributed by atoms with E-state index in [1.807, 2.05) is 6.08 Å². The Morgan fingerprint density at radius 3 is 1.32 bits per heavy atom. The van der Waals surface area contributed by atoms with E-state index in [4.69, 9.17) is 2.74 Å². The summed E-state index contributed by atoms with van der Waals surface area (Å²) in [7, 11) is 0. The third-order valence-electron chi connectivity index (χ3n) is 8.36. The number of unbranched alkanes of at least 4 members (excludes halogenated alkanes) is 26. The predicted octanol–water partition coefficient (Wildman–Crippen LogP) is 10.7. The first-order valence-electron chi connectivity index (χ1n) is 19.2. The van der Waals surface area contributed by atoms with Crippen molar-refractivity contribution in [3.8, 4) is 0 Å². The van der Waals surface area contributed by atoms with Crippen LogP contribution in [-0.4, -0.2) is 34.8 Å². The Kier molecular flexibility index (Phi) is 29.8. The quantitative estimate of drug-likeness (QED) is 0.0409. The van der Waals surface area contributed by atoms with Gasteiger partial charge in [-0.2, -0.15) is 0 Å². The van der Waals surface area contributed by atoms with Gasteiger partial charge < -0.3 is 15.5 Å². The molecule has 41 heavy (non-hydrogen) atoms. The van der Waals surface area contributed by atoms with Crippen LogP contribution in [0.3, 0.4) is 0 Å². The van der Waals surface area contributed by atoms with Gasteiger partial charge in [0.2, 0.25) is 5.91 Å². The molecule has 0 radical (unpaired) electrons. The molecule has 1 amide bonds. The average Bonchev–Trinajstić information content (AvgIpc) is 2.97. The lowest BCUT2D eigenvalue weighted by molar-refractivity contribution is -0.123. The summed E-state index contributed by atoms with van der Waals surface area (Å²) in [5, 5.41) is 23.0. The first-order valence-corrected chi connectivity index (χ1v) is 18.2. The number of rotatable bonds is 33. The van der Waals surface area contributed by atoms with Crippen LogP contribution in [0.25, 0.3) is 0 Å². The molecule has 0 heterocycles. The van der Waals surface area contributed by atoms with Gasteiger partial charge >= 0.3 is 0 Å². The summed E-state index contributed by atoms with van der Waals surface area (Å²) in [6.07, 6.45) is 37.7. The highest BCUT2D eigenvalue weighted by Crippen LogP contribution is 2.15. The molecule has 0 saturated carbocycles. The Bertz CT molecular complexity index is 623. The highest BCUT2D eigenvalue weighted by Gasteiger charge is 2.17. The normalized spacial score (nSPS) is 14.2. The molecule has 0 aromatic carbocycles. The second kappa shape index (κ2) is 33.6. The van der Waals surface area contributed by atoms with E-state index >= 15 is 0 Å². The fourth-order valence-corrected chi connectivity index (χ4v) is 5.55. The van der Waals surface area contributed by atoms with Crippen molar-refractivity contribution in [2.24, 2.45) is 0 Å². The van der Waals surface area contributed by atoms with Gasteiger partial charge in [-0.3, -0.25) is 4.79 Å². The van der Waals surface area contributed by atoms with Crippen molar-refractivity contribution in [3.05, 3.63) is 12.2 Å². The van der Waals surface area contributed by atoms with Crippen LogP contribution in [0.2, 0.25) is 0 Å². The molecule has 0 unspecified atom stereocenters. The minimum Gasteiger partial charge on any atom is -0.394 e. The molecule has 0 aromatic heterocycles. The van der Waals surface area contributed by atoms with Crippen molar-refractivity contribution in [1.82, 2.24) is 5.32 Å². The zero-order valence-electron chi connectivity index (χ0n) is 29.6. The van der Waals surface area contributed by atoms with E-state index < -0.39 is 18.7 Å². The fraction of sp³-hybridized carbons (Fsp3) is 0.919. The number of hydrogen-bond acceptors (Lipinski definition) is 3. The number of hydrogen-bond donors (Lipinski definition) is 3. The van der Waals surface area contributed by atoms with Gasteiger partial charge in [-0.1, -0.05) is 187 Å². The third kappa shape index (κ3) is 30.4. The summed E-state index contributed by atoms with van der Waals surface area (Å²) in [6, 6.07) is -1.37. The van der Waals surface area contributed by atoms with Crippen LogP contribution in [-0.2, 0) is 4.79 Å². The maximum absolute atomic E-state index is 12.4. The lowest BCUT2D eigenvalue weighted by Crippen LogP contribution is -2.45. The lowest BCUT2D eigenvalue weighted by atomic mass is 10.0. The average molecular weight is 584 g/mol. The largest absolute Gasteiger partial charge is 0.394 e. The van der Waals surface area contributed by atoms with Crippen LogP contribution in [0.4, 0.5) is 0 Å². The SMILES string of the molecule is [2H][13C]([2H])(O)[13C@@H](NC(=O)CCCCCCCCCCCCCCCCCC)[C@@H](O)/C=C/CCCCCCCCCCCCC. The van der Waals surface area contributed by atoms with Gasteiger partial charge in [0.05, 0.1) is 21.4 Å². The smallest absolute Gasteiger partial charge is 0.220 e. The minimum absolute atomic E-state index is 0.292. The number of allylic oxidation sites excluding steroid dienone is 1. The molecule has 0 aromatic rings. The molecule has 0 fully saturated rings. The zero-order chi connectivity index (χ0) is 31.9. The van der Waals surface area contributed by atoms with Gasteiger partial charge in [0.25, 0.3) is 0 Å². The van der Waals surface area contributed by atoms with Gasteiger partial charge in [0.1, 0.15) is 0 Å². The van der Waals surface area contributed by atoms with Gasteiger partial charge in [-0.15, -0.1) is 0 Å². The topological polar surface area (TPSA) is 69.6 Å². The van der Waals surface area contributed by atoms with Gasteiger partial charge in [-0.25, -0.2) is 0 Å². The van der Waals surface area contributed by atoms with Crippen molar-refractivity contribution in [2.75, 3.05) is 6.56 Å². The Hall–Kier alpha value is -0.870.